The highest BCUT2D eigenvalue weighted by Crippen LogP contribution is 2.31. The second kappa shape index (κ2) is 10.8. The molecule has 1 saturated heterocycles. The maximum absolute atomic E-state index is 12.0. The maximum Gasteiger partial charge on any atom is 0.223 e. The molecule has 1 amide bonds. The molecule has 4 nitrogen and oxygen atoms in total. The van der Waals surface area contributed by atoms with E-state index in [9.17, 15) is 4.79 Å². The number of para-hydroxylation sites is 1. The lowest BCUT2D eigenvalue weighted by molar-refractivity contribution is -0.116. The quantitative estimate of drug-likeness (QED) is 0.465. The third-order valence-corrected chi connectivity index (χ3v) is 6.62. The zero-order valence-electron chi connectivity index (χ0n) is 17.5. The molecule has 6 heteroatoms. The summed E-state index contributed by atoms with van der Waals surface area (Å²) in [7, 11) is 0. The number of amides is 1. The molecule has 30 heavy (non-hydrogen) atoms. The summed E-state index contributed by atoms with van der Waals surface area (Å²) in [5.41, 5.74) is 2.37. The van der Waals surface area contributed by atoms with Crippen LogP contribution in [0, 0.1) is 0 Å². The van der Waals surface area contributed by atoms with E-state index in [4.69, 9.17) is 0 Å². The zero-order chi connectivity index (χ0) is 20.1. The molecule has 1 aromatic heterocycles. The molecule has 2 aromatic carbocycles. The molecule has 0 bridgehead atoms. The Balaban J connectivity index is 0.00000256. The normalized spacial score (nSPS) is 14.5. The standard InChI is InChI=1S/C24H29N3OS.ClH/c1-20(28)27(21-8-3-2-4-9-21)14-6-5-13-25-15-17-26(18-16-25)23-10-7-11-24-22(23)12-19-29-24;/h2-4,7-12,19H,5-6,13-18H2,1H3;1H. The number of carbonyl (C=O) groups is 1. The summed E-state index contributed by atoms with van der Waals surface area (Å²) in [5, 5.41) is 3.57. The second-order valence-corrected chi connectivity index (χ2v) is 8.60. The van der Waals surface area contributed by atoms with Crippen LogP contribution in [0.5, 0.6) is 0 Å². The number of thiophene rings is 1. The van der Waals surface area contributed by atoms with E-state index in [0.717, 1.165) is 57.8 Å². The molecule has 0 saturated carbocycles. The number of unbranched alkanes of at least 4 members (excludes halogenated alkanes) is 1. The number of benzene rings is 2. The first-order chi connectivity index (χ1) is 14.2. The second-order valence-electron chi connectivity index (χ2n) is 7.65. The van der Waals surface area contributed by atoms with Gasteiger partial charge in [0.05, 0.1) is 0 Å². The molecule has 4 rings (SSSR count). The van der Waals surface area contributed by atoms with Crippen LogP contribution in [-0.2, 0) is 4.79 Å². The number of halogens is 1. The van der Waals surface area contributed by atoms with Crippen LogP contribution in [0.25, 0.3) is 10.1 Å². The van der Waals surface area contributed by atoms with E-state index in [2.05, 4.69) is 39.4 Å². The molecule has 0 atom stereocenters. The van der Waals surface area contributed by atoms with Gasteiger partial charge in [0.25, 0.3) is 0 Å². The molecular weight excluding hydrogens is 414 g/mol. The fraction of sp³-hybridized carbons (Fsp3) is 0.375. The summed E-state index contributed by atoms with van der Waals surface area (Å²) in [6, 6.07) is 18.9. The molecule has 2 heterocycles. The van der Waals surface area contributed by atoms with Gasteiger partial charge in [-0.15, -0.1) is 23.7 Å². The largest absolute Gasteiger partial charge is 0.368 e. The van der Waals surface area contributed by atoms with E-state index in [1.807, 2.05) is 46.6 Å². The fourth-order valence-corrected chi connectivity index (χ4v) is 4.96. The van der Waals surface area contributed by atoms with Crippen molar-refractivity contribution in [3.05, 3.63) is 60.0 Å². The number of nitrogens with zero attached hydrogens (tertiary/aromatic N) is 3. The number of piperazine rings is 1. The predicted molar refractivity (Wildman–Crippen MR) is 131 cm³/mol. The monoisotopic (exact) mass is 443 g/mol. The van der Waals surface area contributed by atoms with Gasteiger partial charge in [0.2, 0.25) is 5.91 Å². The van der Waals surface area contributed by atoms with E-state index in [-0.39, 0.29) is 18.3 Å². The van der Waals surface area contributed by atoms with Gasteiger partial charge in [-0.3, -0.25) is 9.69 Å². The number of carbonyl (C=O) groups excluding carboxylic acids is 1. The Kier molecular flexibility index (Phi) is 8.14. The van der Waals surface area contributed by atoms with Gasteiger partial charge in [-0.2, -0.15) is 0 Å². The van der Waals surface area contributed by atoms with E-state index >= 15 is 0 Å². The molecule has 0 unspecified atom stereocenters. The highest BCUT2D eigenvalue weighted by molar-refractivity contribution is 7.17. The van der Waals surface area contributed by atoms with Crippen LogP contribution in [0.1, 0.15) is 19.8 Å². The summed E-state index contributed by atoms with van der Waals surface area (Å²) < 4.78 is 1.37. The van der Waals surface area contributed by atoms with E-state index < -0.39 is 0 Å². The average Bonchev–Trinajstić information content (AvgIpc) is 3.23. The fourth-order valence-electron chi connectivity index (χ4n) is 4.15. The summed E-state index contributed by atoms with van der Waals surface area (Å²) >= 11 is 1.82. The third kappa shape index (κ3) is 5.34. The summed E-state index contributed by atoms with van der Waals surface area (Å²) in [6.45, 7) is 7.93. The Hall–Kier alpha value is -2.08. The molecule has 0 radical (unpaired) electrons. The minimum atomic E-state index is 0. The van der Waals surface area contributed by atoms with Crippen molar-refractivity contribution in [2.24, 2.45) is 0 Å². The molecule has 1 aliphatic heterocycles. The lowest BCUT2D eigenvalue weighted by atomic mass is 10.1. The van der Waals surface area contributed by atoms with Gasteiger partial charge in [-0.05, 0) is 55.1 Å². The number of hydrogen-bond donors (Lipinski definition) is 0. The van der Waals surface area contributed by atoms with Gasteiger partial charge in [-0.25, -0.2) is 0 Å². The van der Waals surface area contributed by atoms with Crippen LogP contribution in [0.2, 0.25) is 0 Å². The average molecular weight is 444 g/mol. The SMILES string of the molecule is CC(=O)N(CCCCN1CCN(c2cccc3sccc23)CC1)c1ccccc1.Cl. The van der Waals surface area contributed by atoms with Gasteiger partial charge in [-0.1, -0.05) is 24.3 Å². The van der Waals surface area contributed by atoms with Crippen LogP contribution < -0.4 is 9.80 Å². The van der Waals surface area contributed by atoms with Crippen molar-refractivity contribution in [2.45, 2.75) is 19.8 Å². The number of rotatable bonds is 7. The Labute approximate surface area is 189 Å². The van der Waals surface area contributed by atoms with Crippen LogP contribution in [0.15, 0.2) is 60.0 Å². The van der Waals surface area contributed by atoms with Crippen LogP contribution >= 0.6 is 23.7 Å². The number of hydrogen-bond acceptors (Lipinski definition) is 4. The molecule has 1 aliphatic rings. The molecule has 0 spiro atoms. The zero-order valence-corrected chi connectivity index (χ0v) is 19.1. The van der Waals surface area contributed by atoms with Crippen molar-refractivity contribution in [3.63, 3.8) is 0 Å². The van der Waals surface area contributed by atoms with Crippen LogP contribution in [-0.4, -0.2) is 50.1 Å². The van der Waals surface area contributed by atoms with Gasteiger partial charge < -0.3 is 9.80 Å². The molecule has 0 N–H and O–H groups in total. The molecule has 0 aliphatic carbocycles. The minimum Gasteiger partial charge on any atom is -0.368 e. The van der Waals surface area contributed by atoms with E-state index in [1.165, 1.54) is 15.8 Å². The Morgan fingerprint density at radius 2 is 1.73 bits per heavy atom. The summed E-state index contributed by atoms with van der Waals surface area (Å²) in [6.07, 6.45) is 2.15. The van der Waals surface area contributed by atoms with Gasteiger partial charge in [0, 0.05) is 61.1 Å². The van der Waals surface area contributed by atoms with Crippen molar-refractivity contribution >= 4 is 51.1 Å². The van der Waals surface area contributed by atoms with Gasteiger partial charge >= 0.3 is 0 Å². The Morgan fingerprint density at radius 1 is 0.967 bits per heavy atom. The van der Waals surface area contributed by atoms with Gasteiger partial charge in [0.15, 0.2) is 0 Å². The topological polar surface area (TPSA) is 26.8 Å². The highest BCUT2D eigenvalue weighted by Gasteiger charge is 2.19. The first-order valence-electron chi connectivity index (χ1n) is 10.5. The third-order valence-electron chi connectivity index (χ3n) is 5.74. The van der Waals surface area contributed by atoms with Crippen molar-refractivity contribution < 1.29 is 4.79 Å². The molecule has 1 fully saturated rings. The van der Waals surface area contributed by atoms with Crippen molar-refractivity contribution in [1.29, 1.82) is 0 Å². The Bertz CT molecular complexity index is 938. The van der Waals surface area contributed by atoms with Crippen LogP contribution in [0.4, 0.5) is 11.4 Å². The van der Waals surface area contributed by atoms with Gasteiger partial charge in [0.1, 0.15) is 0 Å². The van der Waals surface area contributed by atoms with Crippen LogP contribution in [0.3, 0.4) is 0 Å². The van der Waals surface area contributed by atoms with Crippen molar-refractivity contribution in [2.75, 3.05) is 49.1 Å². The number of fused-ring (bicyclic) bond motifs is 1. The first-order valence-corrected chi connectivity index (χ1v) is 11.4. The molecule has 160 valence electrons. The molecular formula is C24H30ClN3OS. The summed E-state index contributed by atoms with van der Waals surface area (Å²) in [4.78, 5) is 19.0. The minimum absolute atomic E-state index is 0. The number of anilines is 2. The summed E-state index contributed by atoms with van der Waals surface area (Å²) in [5.74, 6) is 0.118. The lowest BCUT2D eigenvalue weighted by Crippen LogP contribution is -2.46. The van der Waals surface area contributed by atoms with E-state index in [1.54, 1.807) is 6.92 Å². The lowest BCUT2D eigenvalue weighted by Gasteiger charge is -2.36. The first kappa shape index (κ1) is 22.6. The van der Waals surface area contributed by atoms with E-state index in [0.29, 0.717) is 0 Å². The van der Waals surface area contributed by atoms with Crippen molar-refractivity contribution in [3.8, 4) is 0 Å². The smallest absolute Gasteiger partial charge is 0.223 e. The molecule has 3 aromatic rings. The Morgan fingerprint density at radius 3 is 2.47 bits per heavy atom. The maximum atomic E-state index is 12.0. The van der Waals surface area contributed by atoms with Crippen molar-refractivity contribution in [1.82, 2.24) is 4.90 Å². The highest BCUT2D eigenvalue weighted by atomic mass is 35.5. The predicted octanol–water partition coefficient (Wildman–Crippen LogP) is 5.28.